The summed E-state index contributed by atoms with van der Waals surface area (Å²) in [4.78, 5) is 0. The third-order valence-corrected chi connectivity index (χ3v) is 3.64. The Hall–Kier alpha value is -0.570. The monoisotopic (exact) mass is 225 g/mol. The van der Waals surface area contributed by atoms with Gasteiger partial charge in [0.2, 0.25) is 0 Å². The molecule has 1 aromatic rings. The van der Waals surface area contributed by atoms with Crippen LogP contribution in [0.5, 0.6) is 0 Å². The molecule has 3 heteroatoms. The van der Waals surface area contributed by atoms with Gasteiger partial charge in [0.15, 0.2) is 0 Å². The van der Waals surface area contributed by atoms with Crippen LogP contribution in [0.3, 0.4) is 0 Å². The Morgan fingerprint density at radius 3 is 2.80 bits per heavy atom. The Morgan fingerprint density at radius 1 is 1.53 bits per heavy atom. The molecule has 1 aromatic carbocycles. The van der Waals surface area contributed by atoms with Gasteiger partial charge in [-0.2, -0.15) is 0 Å². The molecule has 0 bridgehead atoms. The van der Waals surface area contributed by atoms with Crippen LogP contribution in [0, 0.1) is 6.92 Å². The molecule has 3 N–H and O–H groups in total. The van der Waals surface area contributed by atoms with Crippen LogP contribution in [0.4, 0.5) is 0 Å². The van der Waals surface area contributed by atoms with Crippen molar-refractivity contribution in [1.29, 1.82) is 0 Å². The van der Waals surface area contributed by atoms with Gasteiger partial charge in [-0.25, -0.2) is 0 Å². The molecule has 82 valence electrons. The van der Waals surface area contributed by atoms with Gasteiger partial charge in [0.05, 0.1) is 5.60 Å². The van der Waals surface area contributed by atoms with E-state index in [0.29, 0.717) is 11.4 Å². The Labute approximate surface area is 95.1 Å². The lowest BCUT2D eigenvalue weighted by atomic mass is 9.91. The summed E-state index contributed by atoms with van der Waals surface area (Å²) >= 11 is 6.05. The van der Waals surface area contributed by atoms with Crippen LogP contribution in [0.15, 0.2) is 18.2 Å². The lowest BCUT2D eigenvalue weighted by Gasteiger charge is -2.23. The number of nitrogens with two attached hydrogens (primary N) is 1. The molecule has 2 rings (SSSR count). The molecule has 0 saturated heterocycles. The predicted octanol–water partition coefficient (Wildman–Crippen LogP) is 2.35. The molecule has 2 nitrogen and oxygen atoms in total. The van der Waals surface area contributed by atoms with Crippen molar-refractivity contribution >= 4 is 11.6 Å². The summed E-state index contributed by atoms with van der Waals surface area (Å²) in [6.45, 7) is 1.95. The second-order valence-corrected chi connectivity index (χ2v) is 4.91. The van der Waals surface area contributed by atoms with Crippen LogP contribution in [0.1, 0.15) is 30.4 Å². The topological polar surface area (TPSA) is 46.2 Å². The fourth-order valence-corrected chi connectivity index (χ4v) is 2.39. The third-order valence-electron chi connectivity index (χ3n) is 3.24. The normalized spacial score (nSPS) is 30.8. The fraction of sp³-hybridized carbons (Fsp3) is 0.500. The molecule has 1 aliphatic rings. The second kappa shape index (κ2) is 3.78. The predicted molar refractivity (Wildman–Crippen MR) is 61.9 cm³/mol. The van der Waals surface area contributed by atoms with Crippen LogP contribution in [0.2, 0.25) is 5.02 Å². The minimum absolute atomic E-state index is 0.107. The van der Waals surface area contributed by atoms with Gasteiger partial charge in [-0.15, -0.1) is 0 Å². The molecule has 0 radical (unpaired) electrons. The van der Waals surface area contributed by atoms with Crippen molar-refractivity contribution in [2.24, 2.45) is 5.73 Å². The van der Waals surface area contributed by atoms with Gasteiger partial charge >= 0.3 is 0 Å². The number of benzene rings is 1. The summed E-state index contributed by atoms with van der Waals surface area (Å²) in [6, 6.07) is 5.85. The summed E-state index contributed by atoms with van der Waals surface area (Å²) < 4.78 is 0. The fourth-order valence-electron chi connectivity index (χ4n) is 2.21. The van der Waals surface area contributed by atoms with E-state index in [1.54, 1.807) is 0 Å². The quantitative estimate of drug-likeness (QED) is 0.771. The minimum atomic E-state index is -0.767. The molecule has 0 aromatic heterocycles. The third kappa shape index (κ3) is 2.03. The molecule has 0 aliphatic heterocycles. The van der Waals surface area contributed by atoms with Crippen LogP contribution in [-0.2, 0) is 5.60 Å². The average molecular weight is 226 g/mol. The molecular weight excluding hydrogens is 210 g/mol. The number of rotatable bonds is 1. The van der Waals surface area contributed by atoms with Crippen molar-refractivity contribution in [2.75, 3.05) is 0 Å². The lowest BCUT2D eigenvalue weighted by Crippen LogP contribution is -2.25. The van der Waals surface area contributed by atoms with E-state index in [1.165, 1.54) is 0 Å². The molecule has 0 amide bonds. The van der Waals surface area contributed by atoms with Gasteiger partial charge < -0.3 is 10.8 Å². The molecule has 1 saturated carbocycles. The van der Waals surface area contributed by atoms with E-state index in [-0.39, 0.29) is 6.04 Å². The zero-order valence-electron chi connectivity index (χ0n) is 8.83. The Kier molecular flexibility index (Phi) is 2.75. The molecule has 2 atom stereocenters. The maximum absolute atomic E-state index is 10.4. The lowest BCUT2D eigenvalue weighted by molar-refractivity contribution is 0.0431. The van der Waals surface area contributed by atoms with Crippen molar-refractivity contribution in [3.8, 4) is 0 Å². The van der Waals surface area contributed by atoms with Crippen molar-refractivity contribution in [2.45, 2.75) is 37.8 Å². The Morgan fingerprint density at radius 2 is 2.27 bits per heavy atom. The molecule has 0 spiro atoms. The summed E-state index contributed by atoms with van der Waals surface area (Å²) in [6.07, 6.45) is 2.24. The van der Waals surface area contributed by atoms with E-state index in [9.17, 15) is 5.11 Å². The first-order chi connectivity index (χ1) is 7.01. The Balaban J connectivity index is 2.33. The molecule has 2 unspecified atom stereocenters. The standard InChI is InChI=1S/C12H16ClNO/c1-8-2-3-9(6-11(8)13)12(15)5-4-10(14)7-12/h2-3,6,10,15H,4-5,7,14H2,1H3. The van der Waals surface area contributed by atoms with Crippen LogP contribution >= 0.6 is 11.6 Å². The number of halogens is 1. The van der Waals surface area contributed by atoms with Gasteiger partial charge in [0.25, 0.3) is 0 Å². The van der Waals surface area contributed by atoms with Gasteiger partial charge in [-0.3, -0.25) is 0 Å². The van der Waals surface area contributed by atoms with Crippen LogP contribution < -0.4 is 5.73 Å². The summed E-state index contributed by atoms with van der Waals surface area (Å²) in [7, 11) is 0. The number of aryl methyl sites for hydroxylation is 1. The van der Waals surface area contributed by atoms with Gasteiger partial charge in [-0.1, -0.05) is 23.7 Å². The van der Waals surface area contributed by atoms with Gasteiger partial charge in [0.1, 0.15) is 0 Å². The van der Waals surface area contributed by atoms with Crippen molar-refractivity contribution in [3.05, 3.63) is 34.3 Å². The molecular formula is C12H16ClNO. The van der Waals surface area contributed by atoms with Crippen LogP contribution in [0.25, 0.3) is 0 Å². The van der Waals surface area contributed by atoms with Crippen molar-refractivity contribution in [1.82, 2.24) is 0 Å². The zero-order chi connectivity index (χ0) is 11.1. The molecule has 15 heavy (non-hydrogen) atoms. The van der Waals surface area contributed by atoms with E-state index >= 15 is 0 Å². The Bertz CT molecular complexity index is 380. The highest BCUT2D eigenvalue weighted by Gasteiger charge is 2.37. The molecule has 1 aliphatic carbocycles. The molecule has 1 fully saturated rings. The highest BCUT2D eigenvalue weighted by atomic mass is 35.5. The second-order valence-electron chi connectivity index (χ2n) is 4.50. The molecule has 0 heterocycles. The van der Waals surface area contributed by atoms with Crippen molar-refractivity contribution in [3.63, 3.8) is 0 Å². The first-order valence-electron chi connectivity index (χ1n) is 5.26. The van der Waals surface area contributed by atoms with Gasteiger partial charge in [-0.05, 0) is 43.4 Å². The van der Waals surface area contributed by atoms with Gasteiger partial charge in [0, 0.05) is 11.1 Å². The number of hydrogen-bond acceptors (Lipinski definition) is 2. The van der Waals surface area contributed by atoms with E-state index in [0.717, 1.165) is 24.0 Å². The summed E-state index contributed by atoms with van der Waals surface area (Å²) in [5, 5.41) is 11.1. The maximum Gasteiger partial charge on any atom is 0.0912 e. The zero-order valence-corrected chi connectivity index (χ0v) is 9.59. The van der Waals surface area contributed by atoms with Crippen molar-refractivity contribution < 1.29 is 5.11 Å². The van der Waals surface area contributed by atoms with E-state index < -0.39 is 5.60 Å². The maximum atomic E-state index is 10.4. The van der Waals surface area contributed by atoms with E-state index in [2.05, 4.69) is 0 Å². The van der Waals surface area contributed by atoms with E-state index in [1.807, 2.05) is 25.1 Å². The first kappa shape index (κ1) is 10.9. The highest BCUT2D eigenvalue weighted by Crippen LogP contribution is 2.39. The minimum Gasteiger partial charge on any atom is -0.385 e. The first-order valence-corrected chi connectivity index (χ1v) is 5.64. The highest BCUT2D eigenvalue weighted by molar-refractivity contribution is 6.31. The average Bonchev–Trinajstić information content (AvgIpc) is 2.52. The number of hydrogen-bond donors (Lipinski definition) is 2. The smallest absolute Gasteiger partial charge is 0.0912 e. The summed E-state index contributed by atoms with van der Waals surface area (Å²) in [5.74, 6) is 0. The summed E-state index contributed by atoms with van der Waals surface area (Å²) in [5.41, 5.74) is 6.98. The SMILES string of the molecule is Cc1ccc(C2(O)CCC(N)C2)cc1Cl. The number of aliphatic hydroxyl groups is 1. The van der Waals surface area contributed by atoms with E-state index in [4.69, 9.17) is 17.3 Å². The van der Waals surface area contributed by atoms with Crippen LogP contribution in [-0.4, -0.2) is 11.1 Å². The largest absolute Gasteiger partial charge is 0.385 e.